The fraction of sp³-hybridized carbons (Fsp3) is 0.348. The zero-order chi connectivity index (χ0) is 22.8. The number of anilines is 1. The summed E-state index contributed by atoms with van der Waals surface area (Å²) in [6.07, 6.45) is 0.176. The Hall–Kier alpha value is -3.46. The number of carbonyl (C=O) groups is 3. The van der Waals surface area contributed by atoms with Crippen molar-refractivity contribution in [2.75, 3.05) is 19.0 Å². The van der Waals surface area contributed by atoms with Crippen molar-refractivity contribution in [2.24, 2.45) is 0 Å². The van der Waals surface area contributed by atoms with E-state index in [1.54, 1.807) is 24.1 Å². The number of hydrogen-bond donors (Lipinski definition) is 2. The van der Waals surface area contributed by atoms with E-state index in [-0.39, 0.29) is 36.1 Å². The molecule has 1 fully saturated rings. The first-order chi connectivity index (χ1) is 15.3. The van der Waals surface area contributed by atoms with Crippen LogP contribution in [-0.2, 0) is 9.53 Å². The topological polar surface area (TPSA) is 105 Å². The van der Waals surface area contributed by atoms with Crippen LogP contribution in [0.2, 0.25) is 0 Å². The quantitative estimate of drug-likeness (QED) is 0.754. The first-order valence-corrected chi connectivity index (χ1v) is 10.3. The molecule has 8 nitrogen and oxygen atoms in total. The lowest BCUT2D eigenvalue weighted by Gasteiger charge is -2.42. The van der Waals surface area contributed by atoms with Crippen LogP contribution in [0.5, 0.6) is 5.75 Å². The molecule has 1 saturated heterocycles. The number of nitrogens with one attached hydrogen (secondary N) is 1. The van der Waals surface area contributed by atoms with E-state index >= 15 is 0 Å². The van der Waals surface area contributed by atoms with Crippen molar-refractivity contribution in [3.8, 4) is 5.75 Å². The first kappa shape index (κ1) is 21.8. The summed E-state index contributed by atoms with van der Waals surface area (Å²) < 4.78 is 25.2. The third-order valence-corrected chi connectivity index (χ3v) is 5.76. The van der Waals surface area contributed by atoms with Crippen LogP contribution in [0.1, 0.15) is 40.0 Å². The molecule has 2 amide bonds. The van der Waals surface area contributed by atoms with Crippen LogP contribution in [0.4, 0.5) is 10.1 Å². The maximum atomic E-state index is 13.4. The van der Waals surface area contributed by atoms with E-state index in [2.05, 4.69) is 5.32 Å². The molecule has 0 aromatic heterocycles. The van der Waals surface area contributed by atoms with Gasteiger partial charge in [-0.05, 0) is 49.2 Å². The largest absolute Gasteiger partial charge is 0.490 e. The van der Waals surface area contributed by atoms with E-state index in [4.69, 9.17) is 14.6 Å². The second-order valence-corrected chi connectivity index (χ2v) is 7.94. The molecular weight excluding hydrogens is 419 g/mol. The Bertz CT molecular complexity index is 1060. The van der Waals surface area contributed by atoms with Gasteiger partial charge in [-0.25, -0.2) is 4.39 Å². The second kappa shape index (κ2) is 8.96. The minimum Gasteiger partial charge on any atom is -0.490 e. The molecule has 0 saturated carbocycles. The lowest BCUT2D eigenvalue weighted by Crippen LogP contribution is -2.53. The summed E-state index contributed by atoms with van der Waals surface area (Å²) in [5.74, 6) is -1.90. The van der Waals surface area contributed by atoms with E-state index in [1.807, 2.05) is 0 Å². The highest BCUT2D eigenvalue weighted by atomic mass is 19.1. The van der Waals surface area contributed by atoms with Crippen LogP contribution < -0.4 is 10.1 Å². The maximum absolute atomic E-state index is 13.4. The van der Waals surface area contributed by atoms with Crippen molar-refractivity contribution in [2.45, 2.75) is 37.5 Å². The second-order valence-electron chi connectivity index (χ2n) is 7.94. The van der Waals surface area contributed by atoms with Crippen molar-refractivity contribution in [1.29, 1.82) is 0 Å². The highest BCUT2D eigenvalue weighted by molar-refractivity contribution is 6.05. The number of rotatable bonds is 4. The van der Waals surface area contributed by atoms with Gasteiger partial charge in [-0.2, -0.15) is 0 Å². The number of carbonyl (C=O) groups excluding carboxylic acids is 2. The van der Waals surface area contributed by atoms with Gasteiger partial charge in [0.1, 0.15) is 24.3 Å². The summed E-state index contributed by atoms with van der Waals surface area (Å²) in [4.78, 5) is 38.2. The van der Waals surface area contributed by atoms with Gasteiger partial charge >= 0.3 is 5.97 Å². The highest BCUT2D eigenvalue weighted by Crippen LogP contribution is 2.32. The number of nitrogens with zero attached hydrogens (tertiary/aromatic N) is 1. The Morgan fingerprint density at radius 1 is 1.22 bits per heavy atom. The van der Waals surface area contributed by atoms with Gasteiger partial charge in [-0.1, -0.05) is 6.07 Å². The molecule has 0 unspecified atom stereocenters. The molecule has 4 rings (SSSR count). The summed E-state index contributed by atoms with van der Waals surface area (Å²) in [6, 6.07) is 9.77. The fourth-order valence-electron chi connectivity index (χ4n) is 4.13. The molecule has 2 aromatic rings. The number of ether oxygens (including phenoxy) is 2. The Kier molecular flexibility index (Phi) is 6.09. The van der Waals surface area contributed by atoms with Gasteiger partial charge in [0, 0.05) is 18.3 Å². The molecule has 2 aliphatic heterocycles. The maximum Gasteiger partial charge on any atom is 0.305 e. The average Bonchev–Trinajstić information content (AvgIpc) is 2.76. The Morgan fingerprint density at radius 2 is 2.03 bits per heavy atom. The smallest absolute Gasteiger partial charge is 0.305 e. The number of carboxylic acid groups (broad SMARTS) is 1. The van der Waals surface area contributed by atoms with Crippen LogP contribution in [0.15, 0.2) is 42.5 Å². The van der Waals surface area contributed by atoms with Gasteiger partial charge in [-0.3, -0.25) is 14.4 Å². The summed E-state index contributed by atoms with van der Waals surface area (Å²) in [7, 11) is 1.67. The number of likely N-dealkylation sites (N-methyl/N-ethyl adjacent to an activating group) is 1. The number of hydrogen-bond acceptors (Lipinski definition) is 5. The van der Waals surface area contributed by atoms with Gasteiger partial charge in [0.25, 0.3) is 11.8 Å². The van der Waals surface area contributed by atoms with Crippen molar-refractivity contribution >= 4 is 23.5 Å². The minimum absolute atomic E-state index is 0.0914. The molecule has 2 N–H and O–H groups in total. The Morgan fingerprint density at radius 3 is 2.78 bits per heavy atom. The van der Waals surface area contributed by atoms with Crippen LogP contribution >= 0.6 is 0 Å². The molecule has 3 atom stereocenters. The third kappa shape index (κ3) is 4.57. The van der Waals surface area contributed by atoms with Crippen LogP contribution in [0, 0.1) is 5.82 Å². The molecule has 0 spiro atoms. The van der Waals surface area contributed by atoms with Gasteiger partial charge in [-0.15, -0.1) is 0 Å². The third-order valence-electron chi connectivity index (χ3n) is 5.76. The standard InChI is InChI=1S/C23H23FN2O6/c1-26-18-7-6-16(11-21(27)28)32-20(18)12-31-19-8-5-15(10-17(19)23(26)30)25-22(29)13-3-2-4-14(24)9-13/h2-5,8-10,16,18,20H,6-7,11-12H2,1H3,(H,25,29)(H,27,28)/t16-,18-,20-/m0/s1. The van der Waals surface area contributed by atoms with E-state index in [9.17, 15) is 18.8 Å². The molecule has 0 bridgehead atoms. The predicted molar refractivity (Wildman–Crippen MR) is 112 cm³/mol. The molecule has 2 aromatic carbocycles. The fourth-order valence-corrected chi connectivity index (χ4v) is 4.13. The molecule has 2 heterocycles. The van der Waals surface area contributed by atoms with Crippen molar-refractivity contribution in [1.82, 2.24) is 4.90 Å². The van der Waals surface area contributed by atoms with E-state index in [1.165, 1.54) is 24.3 Å². The van der Waals surface area contributed by atoms with E-state index in [0.717, 1.165) is 6.07 Å². The van der Waals surface area contributed by atoms with Gasteiger partial charge in [0.15, 0.2) is 0 Å². The van der Waals surface area contributed by atoms with Gasteiger partial charge in [0.05, 0.1) is 24.1 Å². The number of fused-ring (bicyclic) bond motifs is 2. The molecular formula is C23H23FN2O6. The molecule has 2 aliphatic rings. The first-order valence-electron chi connectivity index (χ1n) is 10.3. The predicted octanol–water partition coefficient (Wildman–Crippen LogP) is 2.93. The highest BCUT2D eigenvalue weighted by Gasteiger charge is 2.39. The summed E-state index contributed by atoms with van der Waals surface area (Å²) >= 11 is 0. The van der Waals surface area contributed by atoms with Crippen molar-refractivity contribution in [3.05, 3.63) is 59.4 Å². The average molecular weight is 442 g/mol. The van der Waals surface area contributed by atoms with Crippen molar-refractivity contribution in [3.63, 3.8) is 0 Å². The normalized spacial score (nSPS) is 22.6. The van der Waals surface area contributed by atoms with Crippen molar-refractivity contribution < 1.29 is 33.4 Å². The van der Waals surface area contributed by atoms with Gasteiger partial charge in [0.2, 0.25) is 0 Å². The SMILES string of the molecule is CN1C(=O)c2cc(NC(=O)c3cccc(F)c3)ccc2OC[C@@H]2O[C@H](CC(=O)O)CC[C@@H]21. The number of amides is 2. The van der Waals surface area contributed by atoms with Crippen LogP contribution in [-0.4, -0.2) is 59.7 Å². The molecule has 32 heavy (non-hydrogen) atoms. The molecule has 168 valence electrons. The summed E-state index contributed by atoms with van der Waals surface area (Å²) in [5, 5.41) is 11.7. The molecule has 9 heteroatoms. The Balaban J connectivity index is 1.54. The number of halogens is 1. The summed E-state index contributed by atoms with van der Waals surface area (Å²) in [5.41, 5.74) is 0.826. The molecule has 0 radical (unpaired) electrons. The Labute approximate surface area is 183 Å². The van der Waals surface area contributed by atoms with E-state index in [0.29, 0.717) is 24.3 Å². The lowest BCUT2D eigenvalue weighted by molar-refractivity contribution is -0.148. The number of carboxylic acids is 1. The monoisotopic (exact) mass is 442 g/mol. The number of aliphatic carboxylic acids is 1. The number of benzene rings is 2. The lowest BCUT2D eigenvalue weighted by atomic mass is 9.94. The van der Waals surface area contributed by atoms with Crippen LogP contribution in [0.3, 0.4) is 0 Å². The minimum atomic E-state index is -0.928. The molecule has 0 aliphatic carbocycles. The van der Waals surface area contributed by atoms with E-state index < -0.39 is 29.9 Å². The summed E-state index contributed by atoms with van der Waals surface area (Å²) in [6.45, 7) is 0.167. The van der Waals surface area contributed by atoms with Crippen LogP contribution in [0.25, 0.3) is 0 Å². The van der Waals surface area contributed by atoms with Gasteiger partial charge < -0.3 is 24.8 Å². The zero-order valence-corrected chi connectivity index (χ0v) is 17.4. The zero-order valence-electron chi connectivity index (χ0n) is 17.4.